The molecule has 6 heteroatoms. The van der Waals surface area contributed by atoms with Gasteiger partial charge < -0.3 is 14.4 Å². The summed E-state index contributed by atoms with van der Waals surface area (Å²) in [6, 6.07) is -0.329. The Balaban J connectivity index is 2.36. The maximum absolute atomic E-state index is 11.7. The molecule has 1 heterocycles. The van der Waals surface area contributed by atoms with Gasteiger partial charge in [-0.3, -0.25) is 10.1 Å². The molecule has 0 saturated carbocycles. The third-order valence-corrected chi connectivity index (χ3v) is 3.34. The molecule has 0 aromatic carbocycles. The number of nitrogens with one attached hydrogen (secondary N) is 1. The SMILES string of the molecule is CCC1(C)C(=O)NC(=O)N1CCOCCCOC. The highest BCUT2D eigenvalue weighted by Gasteiger charge is 2.47. The minimum atomic E-state index is -0.743. The van der Waals surface area contributed by atoms with E-state index >= 15 is 0 Å². The third-order valence-electron chi connectivity index (χ3n) is 3.34. The lowest BCUT2D eigenvalue weighted by Crippen LogP contribution is -2.47. The number of carbonyl (C=O) groups excluding carboxylic acids is 2. The summed E-state index contributed by atoms with van der Waals surface area (Å²) in [6.07, 6.45) is 1.42. The summed E-state index contributed by atoms with van der Waals surface area (Å²) in [6.45, 7) is 5.78. The fourth-order valence-corrected chi connectivity index (χ4v) is 1.91. The molecular formula is C12H22N2O4. The Kier molecular flexibility index (Phi) is 5.55. The molecule has 0 spiro atoms. The van der Waals surface area contributed by atoms with Gasteiger partial charge in [0.2, 0.25) is 0 Å². The molecule has 1 rings (SSSR count). The first-order valence-electron chi connectivity index (χ1n) is 6.26. The highest BCUT2D eigenvalue weighted by atomic mass is 16.5. The fourth-order valence-electron chi connectivity index (χ4n) is 1.91. The molecule has 0 aromatic heterocycles. The van der Waals surface area contributed by atoms with Crippen LogP contribution in [-0.4, -0.2) is 55.9 Å². The monoisotopic (exact) mass is 258 g/mol. The van der Waals surface area contributed by atoms with Crippen LogP contribution in [0.4, 0.5) is 4.79 Å². The maximum atomic E-state index is 11.7. The van der Waals surface area contributed by atoms with Crippen molar-refractivity contribution in [1.82, 2.24) is 10.2 Å². The number of carbonyl (C=O) groups is 2. The number of nitrogens with zero attached hydrogens (tertiary/aromatic N) is 1. The minimum absolute atomic E-state index is 0.227. The second-order valence-corrected chi connectivity index (χ2v) is 4.50. The summed E-state index contributed by atoms with van der Waals surface area (Å²) in [5.41, 5.74) is -0.743. The highest BCUT2D eigenvalue weighted by Crippen LogP contribution is 2.24. The first kappa shape index (κ1) is 14.9. The number of ether oxygens (including phenoxy) is 2. The molecule has 0 bridgehead atoms. The van der Waals surface area contributed by atoms with E-state index in [0.29, 0.717) is 32.8 Å². The van der Waals surface area contributed by atoms with Crippen molar-refractivity contribution >= 4 is 11.9 Å². The normalized spacial score (nSPS) is 23.6. The number of rotatable bonds is 8. The Labute approximate surface area is 108 Å². The van der Waals surface area contributed by atoms with Gasteiger partial charge in [0, 0.05) is 26.9 Å². The lowest BCUT2D eigenvalue weighted by Gasteiger charge is -2.30. The van der Waals surface area contributed by atoms with Gasteiger partial charge in [-0.1, -0.05) is 6.92 Å². The molecular weight excluding hydrogens is 236 g/mol. The molecule has 104 valence electrons. The first-order chi connectivity index (χ1) is 8.56. The van der Waals surface area contributed by atoms with Gasteiger partial charge in [0.15, 0.2) is 0 Å². The van der Waals surface area contributed by atoms with E-state index in [0.717, 1.165) is 6.42 Å². The largest absolute Gasteiger partial charge is 0.385 e. The summed E-state index contributed by atoms with van der Waals surface area (Å²) in [7, 11) is 1.65. The van der Waals surface area contributed by atoms with Crippen LogP contribution in [0.1, 0.15) is 26.7 Å². The molecule has 0 aromatic rings. The van der Waals surface area contributed by atoms with Crippen molar-refractivity contribution in [2.75, 3.05) is 33.5 Å². The van der Waals surface area contributed by atoms with E-state index < -0.39 is 5.54 Å². The van der Waals surface area contributed by atoms with E-state index in [1.165, 1.54) is 0 Å². The van der Waals surface area contributed by atoms with Crippen molar-refractivity contribution in [2.24, 2.45) is 0 Å². The number of urea groups is 1. The average molecular weight is 258 g/mol. The van der Waals surface area contributed by atoms with Gasteiger partial charge in [0.25, 0.3) is 5.91 Å². The highest BCUT2D eigenvalue weighted by molar-refractivity contribution is 6.06. The number of amides is 3. The third kappa shape index (κ3) is 3.20. The minimum Gasteiger partial charge on any atom is -0.385 e. The van der Waals surface area contributed by atoms with Gasteiger partial charge in [-0.15, -0.1) is 0 Å². The van der Waals surface area contributed by atoms with Crippen molar-refractivity contribution in [3.05, 3.63) is 0 Å². The molecule has 0 aliphatic carbocycles. The first-order valence-corrected chi connectivity index (χ1v) is 6.26. The number of hydrogen-bond acceptors (Lipinski definition) is 4. The van der Waals surface area contributed by atoms with E-state index in [-0.39, 0.29) is 11.9 Å². The topological polar surface area (TPSA) is 67.9 Å². The zero-order valence-corrected chi connectivity index (χ0v) is 11.3. The van der Waals surface area contributed by atoms with Gasteiger partial charge >= 0.3 is 6.03 Å². The fraction of sp³-hybridized carbons (Fsp3) is 0.833. The number of imide groups is 1. The number of methoxy groups -OCH3 is 1. The van der Waals surface area contributed by atoms with Crippen LogP contribution in [0.15, 0.2) is 0 Å². The molecule has 1 aliphatic heterocycles. The van der Waals surface area contributed by atoms with Gasteiger partial charge in [-0.2, -0.15) is 0 Å². The summed E-state index contributed by atoms with van der Waals surface area (Å²) >= 11 is 0. The number of hydrogen-bond donors (Lipinski definition) is 1. The van der Waals surface area contributed by atoms with E-state index in [2.05, 4.69) is 5.32 Å². The maximum Gasteiger partial charge on any atom is 0.325 e. The van der Waals surface area contributed by atoms with Gasteiger partial charge in [0.1, 0.15) is 5.54 Å². The van der Waals surface area contributed by atoms with Gasteiger partial charge in [-0.25, -0.2) is 4.79 Å². The average Bonchev–Trinajstić information content (AvgIpc) is 2.57. The predicted molar refractivity (Wildman–Crippen MR) is 66.3 cm³/mol. The smallest absolute Gasteiger partial charge is 0.325 e. The van der Waals surface area contributed by atoms with Crippen LogP contribution in [-0.2, 0) is 14.3 Å². The quantitative estimate of drug-likeness (QED) is 0.515. The van der Waals surface area contributed by atoms with E-state index in [1.54, 1.807) is 18.9 Å². The molecule has 1 atom stereocenters. The summed E-state index contributed by atoms with van der Waals surface area (Å²) in [4.78, 5) is 24.9. The zero-order valence-electron chi connectivity index (χ0n) is 11.3. The van der Waals surface area contributed by atoms with E-state index in [4.69, 9.17) is 9.47 Å². The summed E-state index contributed by atoms with van der Waals surface area (Å²) in [5.74, 6) is -0.227. The molecule has 3 amide bonds. The molecule has 18 heavy (non-hydrogen) atoms. The Morgan fingerprint density at radius 1 is 1.28 bits per heavy atom. The molecule has 1 unspecified atom stereocenters. The predicted octanol–water partition coefficient (Wildman–Crippen LogP) is 0.760. The zero-order chi connectivity index (χ0) is 13.6. The van der Waals surface area contributed by atoms with Crippen LogP contribution in [0.5, 0.6) is 0 Å². The van der Waals surface area contributed by atoms with Crippen molar-refractivity contribution < 1.29 is 19.1 Å². The van der Waals surface area contributed by atoms with Crippen molar-refractivity contribution in [3.8, 4) is 0 Å². The molecule has 1 saturated heterocycles. The van der Waals surface area contributed by atoms with Crippen LogP contribution in [0.3, 0.4) is 0 Å². The van der Waals surface area contributed by atoms with Crippen LogP contribution < -0.4 is 5.32 Å². The summed E-state index contributed by atoms with van der Waals surface area (Å²) < 4.78 is 10.3. The van der Waals surface area contributed by atoms with Crippen molar-refractivity contribution in [2.45, 2.75) is 32.2 Å². The summed E-state index contributed by atoms with van der Waals surface area (Å²) in [5, 5.41) is 2.34. The van der Waals surface area contributed by atoms with Gasteiger partial charge in [0.05, 0.1) is 6.61 Å². The lowest BCUT2D eigenvalue weighted by molar-refractivity contribution is -0.126. The molecule has 1 aliphatic rings. The van der Waals surface area contributed by atoms with Crippen molar-refractivity contribution in [1.29, 1.82) is 0 Å². The van der Waals surface area contributed by atoms with Crippen LogP contribution in [0.25, 0.3) is 0 Å². The Morgan fingerprint density at radius 2 is 2.00 bits per heavy atom. The Morgan fingerprint density at radius 3 is 2.61 bits per heavy atom. The van der Waals surface area contributed by atoms with Gasteiger partial charge in [-0.05, 0) is 19.8 Å². The lowest BCUT2D eigenvalue weighted by atomic mass is 9.97. The second kappa shape index (κ2) is 6.70. The van der Waals surface area contributed by atoms with E-state index in [1.807, 2.05) is 6.92 Å². The molecule has 1 fully saturated rings. The van der Waals surface area contributed by atoms with Crippen LogP contribution >= 0.6 is 0 Å². The Hall–Kier alpha value is -1.14. The molecule has 6 nitrogen and oxygen atoms in total. The Bertz CT molecular complexity index is 308. The van der Waals surface area contributed by atoms with Crippen LogP contribution in [0.2, 0.25) is 0 Å². The van der Waals surface area contributed by atoms with Crippen molar-refractivity contribution in [3.63, 3.8) is 0 Å². The van der Waals surface area contributed by atoms with Crippen LogP contribution in [0, 0.1) is 0 Å². The molecule has 0 radical (unpaired) electrons. The molecule has 1 N–H and O–H groups in total. The van der Waals surface area contributed by atoms with E-state index in [9.17, 15) is 9.59 Å². The standard InChI is InChI=1S/C12H22N2O4/c1-4-12(2)10(15)13-11(16)14(12)6-9-18-8-5-7-17-3/h4-9H2,1-3H3,(H,13,15,16). The second-order valence-electron chi connectivity index (χ2n) is 4.50.